The Morgan fingerprint density at radius 2 is 1.86 bits per heavy atom. The number of nitrogens with zero attached hydrogens (tertiary/aromatic N) is 2. The molecule has 2 fully saturated rings. The topological polar surface area (TPSA) is 71.1 Å². The molecule has 1 aromatic carbocycles. The number of thiol groups is 1. The molecule has 2 amide bonds. The van der Waals surface area contributed by atoms with Crippen LogP contribution in [0.15, 0.2) is 24.3 Å². The predicted octanol–water partition coefficient (Wildman–Crippen LogP) is 0.809. The van der Waals surface area contributed by atoms with E-state index in [4.69, 9.17) is 9.47 Å². The second kappa shape index (κ2) is 6.55. The minimum absolute atomic E-state index is 0.0560. The second-order valence-electron chi connectivity index (χ2n) is 5.09. The average molecular weight is 323 g/mol. The molecule has 0 aliphatic carbocycles. The molecule has 3 rings (SSSR count). The Hall–Kier alpha value is -1.77. The van der Waals surface area contributed by atoms with Crippen molar-refractivity contribution in [3.63, 3.8) is 0 Å². The summed E-state index contributed by atoms with van der Waals surface area (Å²) < 4.78 is 13.0. The lowest BCUT2D eigenvalue weighted by Crippen LogP contribution is -2.41. The maximum Gasteiger partial charge on any atom is 0.414 e. The second-order valence-corrected chi connectivity index (χ2v) is 5.41. The van der Waals surface area contributed by atoms with Crippen LogP contribution in [-0.4, -0.2) is 51.0 Å². The number of ether oxygens (including phenoxy) is 2. The number of nitrogens with one attached hydrogen (secondary N) is 1. The van der Waals surface area contributed by atoms with Gasteiger partial charge in [-0.25, -0.2) is 4.79 Å². The number of rotatable bonds is 4. The first-order valence-corrected chi connectivity index (χ1v) is 7.47. The molecule has 0 aromatic heterocycles. The van der Waals surface area contributed by atoms with Gasteiger partial charge in [0.25, 0.3) is 5.91 Å². The molecule has 1 unspecified atom stereocenters. The van der Waals surface area contributed by atoms with E-state index in [-0.39, 0.29) is 24.7 Å². The van der Waals surface area contributed by atoms with Crippen molar-refractivity contribution in [1.29, 1.82) is 0 Å². The summed E-state index contributed by atoms with van der Waals surface area (Å²) >= 11 is 3.92. The number of carbonyl (C=O) groups is 2. The quantitative estimate of drug-likeness (QED) is 0.803. The van der Waals surface area contributed by atoms with Gasteiger partial charge in [-0.2, -0.15) is 0 Å². The minimum Gasteiger partial charge on any atom is -0.443 e. The normalized spacial score (nSPS) is 22.1. The predicted molar refractivity (Wildman–Crippen MR) is 84.2 cm³/mol. The number of carbonyl (C=O) groups excluding carboxylic acids is 2. The number of morpholine rings is 1. The first-order chi connectivity index (χ1) is 10.7. The van der Waals surface area contributed by atoms with E-state index < -0.39 is 0 Å². The SMILES string of the molecule is O=C1COCCN1c1ccc(N2CC(CNS)OC2=O)cc1. The van der Waals surface area contributed by atoms with Gasteiger partial charge in [0, 0.05) is 24.5 Å². The summed E-state index contributed by atoms with van der Waals surface area (Å²) in [6.45, 7) is 2.15. The molecule has 2 saturated heterocycles. The molecule has 2 aliphatic rings. The molecule has 0 bridgehead atoms. The lowest BCUT2D eigenvalue weighted by Gasteiger charge is -2.27. The van der Waals surface area contributed by atoms with Gasteiger partial charge in [0.2, 0.25) is 0 Å². The van der Waals surface area contributed by atoms with Crippen LogP contribution in [0.4, 0.5) is 16.2 Å². The van der Waals surface area contributed by atoms with Crippen molar-refractivity contribution in [1.82, 2.24) is 4.72 Å². The number of amides is 2. The zero-order valence-corrected chi connectivity index (χ0v) is 12.8. The van der Waals surface area contributed by atoms with E-state index in [1.165, 1.54) is 0 Å². The molecule has 2 aliphatic heterocycles. The van der Waals surface area contributed by atoms with Crippen LogP contribution in [0.25, 0.3) is 0 Å². The number of cyclic esters (lactones) is 1. The minimum atomic E-state index is -0.371. The smallest absolute Gasteiger partial charge is 0.414 e. The number of anilines is 2. The van der Waals surface area contributed by atoms with E-state index in [9.17, 15) is 9.59 Å². The summed E-state index contributed by atoms with van der Waals surface area (Å²) in [6.07, 6.45) is -0.589. The summed E-state index contributed by atoms with van der Waals surface area (Å²) in [5.41, 5.74) is 1.55. The molecule has 7 nitrogen and oxygen atoms in total. The van der Waals surface area contributed by atoms with Crippen molar-refractivity contribution in [3.8, 4) is 0 Å². The van der Waals surface area contributed by atoms with Crippen LogP contribution in [0, 0.1) is 0 Å². The van der Waals surface area contributed by atoms with Gasteiger partial charge >= 0.3 is 6.09 Å². The average Bonchev–Trinajstić information content (AvgIpc) is 2.89. The Bertz CT molecular complexity index is 566. The Morgan fingerprint density at radius 1 is 1.18 bits per heavy atom. The molecule has 1 atom stereocenters. The molecule has 22 heavy (non-hydrogen) atoms. The van der Waals surface area contributed by atoms with Crippen molar-refractivity contribution in [2.75, 3.05) is 42.6 Å². The van der Waals surface area contributed by atoms with Crippen LogP contribution in [0.1, 0.15) is 0 Å². The van der Waals surface area contributed by atoms with Gasteiger partial charge in [0.15, 0.2) is 0 Å². The van der Waals surface area contributed by atoms with Gasteiger partial charge in [0.1, 0.15) is 12.7 Å². The van der Waals surface area contributed by atoms with Crippen LogP contribution >= 0.6 is 12.8 Å². The fourth-order valence-corrected chi connectivity index (χ4v) is 2.75. The highest BCUT2D eigenvalue weighted by atomic mass is 32.1. The number of benzene rings is 1. The molecule has 2 heterocycles. The zero-order chi connectivity index (χ0) is 15.5. The third kappa shape index (κ3) is 3.03. The molecule has 0 saturated carbocycles. The Morgan fingerprint density at radius 3 is 2.50 bits per heavy atom. The lowest BCUT2D eigenvalue weighted by molar-refractivity contribution is -0.125. The first kappa shape index (κ1) is 15.1. The lowest BCUT2D eigenvalue weighted by atomic mass is 10.2. The molecule has 0 radical (unpaired) electrons. The van der Waals surface area contributed by atoms with Gasteiger partial charge in [-0.1, -0.05) is 12.8 Å². The fraction of sp³-hybridized carbons (Fsp3) is 0.429. The molecule has 1 aromatic rings. The molecule has 118 valence electrons. The van der Waals surface area contributed by atoms with Crippen LogP contribution in [-0.2, 0) is 14.3 Å². The van der Waals surface area contributed by atoms with Gasteiger partial charge in [-0.3, -0.25) is 14.4 Å². The number of hydrogen-bond donors (Lipinski definition) is 2. The van der Waals surface area contributed by atoms with Crippen LogP contribution < -0.4 is 14.5 Å². The van der Waals surface area contributed by atoms with E-state index in [1.54, 1.807) is 9.80 Å². The van der Waals surface area contributed by atoms with Crippen molar-refractivity contribution in [2.45, 2.75) is 6.10 Å². The van der Waals surface area contributed by atoms with Gasteiger partial charge in [-0.05, 0) is 24.3 Å². The van der Waals surface area contributed by atoms with Gasteiger partial charge in [0.05, 0.1) is 13.2 Å². The van der Waals surface area contributed by atoms with Gasteiger partial charge < -0.3 is 14.4 Å². The molecular formula is C14H17N3O4S. The summed E-state index contributed by atoms with van der Waals surface area (Å²) in [5.74, 6) is -0.0560. The van der Waals surface area contributed by atoms with E-state index in [1.807, 2.05) is 24.3 Å². The zero-order valence-electron chi connectivity index (χ0n) is 11.9. The Balaban J connectivity index is 1.71. The molecule has 0 spiro atoms. The van der Waals surface area contributed by atoms with Crippen molar-refractivity contribution in [3.05, 3.63) is 24.3 Å². The fourth-order valence-electron chi connectivity index (χ4n) is 2.54. The van der Waals surface area contributed by atoms with E-state index in [0.717, 1.165) is 11.4 Å². The van der Waals surface area contributed by atoms with E-state index in [0.29, 0.717) is 26.2 Å². The maximum atomic E-state index is 11.9. The summed E-state index contributed by atoms with van der Waals surface area (Å²) in [5, 5.41) is 0. The monoisotopic (exact) mass is 323 g/mol. The van der Waals surface area contributed by atoms with Crippen LogP contribution in [0.5, 0.6) is 0 Å². The third-order valence-electron chi connectivity index (χ3n) is 3.65. The first-order valence-electron chi connectivity index (χ1n) is 7.02. The Labute approximate surface area is 133 Å². The molecule has 8 heteroatoms. The van der Waals surface area contributed by atoms with Crippen LogP contribution in [0.2, 0.25) is 0 Å². The maximum absolute atomic E-state index is 11.9. The van der Waals surface area contributed by atoms with Crippen molar-refractivity contribution >= 4 is 36.2 Å². The summed E-state index contributed by atoms with van der Waals surface area (Å²) in [6, 6.07) is 7.29. The highest BCUT2D eigenvalue weighted by Crippen LogP contribution is 2.25. The van der Waals surface area contributed by atoms with Crippen molar-refractivity contribution < 1.29 is 19.1 Å². The van der Waals surface area contributed by atoms with Crippen LogP contribution in [0.3, 0.4) is 0 Å². The molecule has 1 N–H and O–H groups in total. The Kier molecular flexibility index (Phi) is 4.51. The summed E-state index contributed by atoms with van der Waals surface area (Å²) in [7, 11) is 0. The largest absolute Gasteiger partial charge is 0.443 e. The van der Waals surface area contributed by atoms with Crippen molar-refractivity contribution in [2.24, 2.45) is 0 Å². The highest BCUT2D eigenvalue weighted by Gasteiger charge is 2.32. The van der Waals surface area contributed by atoms with Gasteiger partial charge in [-0.15, -0.1) is 0 Å². The summed E-state index contributed by atoms with van der Waals surface area (Å²) in [4.78, 5) is 26.9. The standard InChI is InChI=1S/C14H17N3O4S/c18-13-9-20-6-5-16(13)10-1-3-11(4-2-10)17-8-12(7-15-22)21-14(17)19/h1-4,12,15,22H,5-9H2. The highest BCUT2D eigenvalue weighted by molar-refractivity contribution is 7.78. The third-order valence-corrected chi connectivity index (χ3v) is 3.83. The molecular weight excluding hydrogens is 306 g/mol. The number of hydrogen-bond acceptors (Lipinski definition) is 6. The van der Waals surface area contributed by atoms with E-state index >= 15 is 0 Å². The van der Waals surface area contributed by atoms with E-state index in [2.05, 4.69) is 17.5 Å².